The normalized spacial score (nSPS) is 26.3. The molecular formula is C19H24N2O2S. The molecule has 0 amide bonds. The first-order valence-corrected chi connectivity index (χ1v) is 9.77. The maximum absolute atomic E-state index is 13.1. The Kier molecular flexibility index (Phi) is 4.28. The lowest BCUT2D eigenvalue weighted by atomic mass is 10.0. The topological polar surface area (TPSA) is 86.2 Å². The molecule has 1 fully saturated rings. The Labute approximate surface area is 143 Å². The summed E-state index contributed by atoms with van der Waals surface area (Å²) >= 11 is 0. The summed E-state index contributed by atoms with van der Waals surface area (Å²) in [5, 5.41) is -0.676. The van der Waals surface area contributed by atoms with Crippen molar-refractivity contribution in [2.75, 3.05) is 6.54 Å². The van der Waals surface area contributed by atoms with Crippen molar-refractivity contribution in [3.05, 3.63) is 65.2 Å². The van der Waals surface area contributed by atoms with Crippen molar-refractivity contribution in [3.8, 4) is 0 Å². The van der Waals surface area contributed by atoms with Crippen LogP contribution in [-0.4, -0.2) is 25.8 Å². The second kappa shape index (κ2) is 5.99. The second-order valence-corrected chi connectivity index (χ2v) is 8.74. The van der Waals surface area contributed by atoms with Crippen LogP contribution in [0.1, 0.15) is 29.5 Å². The largest absolute Gasteiger partial charge is 0.329 e. The highest BCUT2D eigenvalue weighted by atomic mass is 32.2. The minimum Gasteiger partial charge on any atom is -0.329 e. The van der Waals surface area contributed by atoms with E-state index in [9.17, 15) is 8.42 Å². The van der Waals surface area contributed by atoms with Gasteiger partial charge in [0.05, 0.1) is 15.7 Å². The van der Waals surface area contributed by atoms with Crippen LogP contribution in [0, 0.1) is 6.92 Å². The van der Waals surface area contributed by atoms with Crippen molar-refractivity contribution in [2.24, 2.45) is 11.5 Å². The van der Waals surface area contributed by atoms with Gasteiger partial charge in [0.2, 0.25) is 0 Å². The summed E-state index contributed by atoms with van der Waals surface area (Å²) in [7, 11) is -3.52. The van der Waals surface area contributed by atoms with E-state index in [0.717, 1.165) is 17.5 Å². The summed E-state index contributed by atoms with van der Waals surface area (Å²) in [5.41, 5.74) is 14.5. The zero-order chi connectivity index (χ0) is 17.5. The van der Waals surface area contributed by atoms with Crippen LogP contribution in [0.2, 0.25) is 0 Å². The summed E-state index contributed by atoms with van der Waals surface area (Å²) in [6.07, 6.45) is 0.945. The third kappa shape index (κ3) is 2.66. The van der Waals surface area contributed by atoms with Gasteiger partial charge in [0.1, 0.15) is 0 Å². The standard InChI is InChI=1S/C19H24N2O2S/c1-3-14-6-8-15(9-7-14)17-18(19(17,21)12-20)24(22,23)16-10-4-13(2)5-11-16/h4-11,17-18H,3,12,20-21H2,1-2H3/t17-,18-,19-/m1/s1. The lowest BCUT2D eigenvalue weighted by Crippen LogP contribution is -2.39. The first-order chi connectivity index (χ1) is 11.3. The zero-order valence-electron chi connectivity index (χ0n) is 14.1. The number of hydrogen-bond acceptors (Lipinski definition) is 4. The van der Waals surface area contributed by atoms with Crippen LogP contribution < -0.4 is 11.5 Å². The average molecular weight is 344 g/mol. The number of hydrogen-bond donors (Lipinski definition) is 2. The minimum absolute atomic E-state index is 0.142. The predicted molar refractivity (Wildman–Crippen MR) is 96.7 cm³/mol. The maximum atomic E-state index is 13.1. The Morgan fingerprint density at radius 2 is 1.62 bits per heavy atom. The van der Waals surface area contributed by atoms with E-state index in [1.807, 2.05) is 31.2 Å². The van der Waals surface area contributed by atoms with Crippen molar-refractivity contribution in [1.82, 2.24) is 0 Å². The van der Waals surface area contributed by atoms with Gasteiger partial charge in [0, 0.05) is 12.5 Å². The first-order valence-electron chi connectivity index (χ1n) is 8.23. The SMILES string of the molecule is CCc1ccc([C@@H]2[C@@H](S(=O)(=O)c3ccc(C)cc3)[C@@]2(N)CN)cc1. The van der Waals surface area contributed by atoms with Crippen molar-refractivity contribution in [1.29, 1.82) is 0 Å². The van der Waals surface area contributed by atoms with Gasteiger partial charge < -0.3 is 11.5 Å². The average Bonchev–Trinajstić information content (AvgIpc) is 3.23. The molecule has 128 valence electrons. The molecule has 3 atom stereocenters. The second-order valence-electron chi connectivity index (χ2n) is 6.67. The highest BCUT2D eigenvalue weighted by Gasteiger charge is 2.68. The lowest BCUT2D eigenvalue weighted by molar-refractivity contribution is 0.586. The fourth-order valence-electron chi connectivity index (χ4n) is 3.45. The first kappa shape index (κ1) is 17.1. The molecule has 1 aliphatic rings. The number of sulfone groups is 1. The summed E-state index contributed by atoms with van der Waals surface area (Å²) in [4.78, 5) is 0.314. The van der Waals surface area contributed by atoms with Crippen LogP contribution in [0.3, 0.4) is 0 Å². The van der Waals surface area contributed by atoms with Gasteiger partial charge in [-0.2, -0.15) is 0 Å². The highest BCUT2D eigenvalue weighted by Crippen LogP contribution is 2.55. The van der Waals surface area contributed by atoms with E-state index in [1.54, 1.807) is 24.3 Å². The lowest BCUT2D eigenvalue weighted by Gasteiger charge is -2.09. The smallest absolute Gasteiger partial charge is 0.183 e. The molecule has 5 heteroatoms. The Morgan fingerprint density at radius 1 is 1.04 bits per heavy atom. The number of nitrogens with two attached hydrogens (primary N) is 2. The van der Waals surface area contributed by atoms with E-state index in [-0.39, 0.29) is 12.5 Å². The van der Waals surface area contributed by atoms with Gasteiger partial charge in [-0.25, -0.2) is 8.42 Å². The van der Waals surface area contributed by atoms with Crippen LogP contribution in [0.15, 0.2) is 53.4 Å². The Bertz CT molecular complexity index is 829. The van der Waals surface area contributed by atoms with Gasteiger partial charge in [-0.15, -0.1) is 0 Å². The van der Waals surface area contributed by atoms with E-state index < -0.39 is 20.6 Å². The van der Waals surface area contributed by atoms with Crippen molar-refractivity contribution < 1.29 is 8.42 Å². The monoisotopic (exact) mass is 344 g/mol. The number of aryl methyl sites for hydroxylation is 2. The molecule has 0 heterocycles. The molecular weight excluding hydrogens is 320 g/mol. The quantitative estimate of drug-likeness (QED) is 0.870. The molecule has 2 aromatic rings. The van der Waals surface area contributed by atoms with Gasteiger partial charge in [0.15, 0.2) is 9.84 Å². The van der Waals surface area contributed by atoms with Crippen LogP contribution in [0.25, 0.3) is 0 Å². The molecule has 1 aliphatic carbocycles. The summed E-state index contributed by atoms with van der Waals surface area (Å²) in [6, 6.07) is 14.9. The molecule has 4 N–H and O–H groups in total. The Hall–Kier alpha value is -1.69. The predicted octanol–water partition coefficient (Wildman–Crippen LogP) is 2.15. The Balaban J connectivity index is 1.98. The van der Waals surface area contributed by atoms with Crippen LogP contribution in [0.5, 0.6) is 0 Å². The molecule has 0 unspecified atom stereocenters. The zero-order valence-corrected chi connectivity index (χ0v) is 14.9. The molecule has 2 aromatic carbocycles. The third-order valence-corrected chi connectivity index (χ3v) is 7.40. The molecule has 0 radical (unpaired) electrons. The van der Waals surface area contributed by atoms with Crippen LogP contribution in [0.4, 0.5) is 0 Å². The van der Waals surface area contributed by atoms with Gasteiger partial charge in [-0.05, 0) is 36.6 Å². The van der Waals surface area contributed by atoms with E-state index in [1.165, 1.54) is 5.56 Å². The molecule has 0 spiro atoms. The van der Waals surface area contributed by atoms with Gasteiger partial charge >= 0.3 is 0 Å². The van der Waals surface area contributed by atoms with Gasteiger partial charge in [-0.3, -0.25) is 0 Å². The van der Waals surface area contributed by atoms with E-state index >= 15 is 0 Å². The molecule has 1 saturated carbocycles. The minimum atomic E-state index is -3.52. The molecule has 4 nitrogen and oxygen atoms in total. The molecule has 0 saturated heterocycles. The molecule has 0 aromatic heterocycles. The third-order valence-electron chi connectivity index (χ3n) is 5.09. The van der Waals surface area contributed by atoms with E-state index in [4.69, 9.17) is 11.5 Å². The fraction of sp³-hybridized carbons (Fsp3) is 0.368. The summed E-state index contributed by atoms with van der Waals surface area (Å²) in [6.45, 7) is 4.16. The summed E-state index contributed by atoms with van der Waals surface area (Å²) in [5.74, 6) is -0.264. The van der Waals surface area contributed by atoms with Crippen LogP contribution in [-0.2, 0) is 16.3 Å². The number of rotatable bonds is 5. The van der Waals surface area contributed by atoms with Crippen molar-refractivity contribution >= 4 is 9.84 Å². The highest BCUT2D eigenvalue weighted by molar-refractivity contribution is 7.92. The molecule has 24 heavy (non-hydrogen) atoms. The van der Waals surface area contributed by atoms with Gasteiger partial charge in [-0.1, -0.05) is 48.9 Å². The maximum Gasteiger partial charge on any atom is 0.183 e. The van der Waals surface area contributed by atoms with E-state index in [2.05, 4.69) is 6.92 Å². The number of benzene rings is 2. The van der Waals surface area contributed by atoms with E-state index in [0.29, 0.717) is 4.90 Å². The fourth-order valence-corrected chi connectivity index (χ4v) is 5.77. The molecule has 3 rings (SSSR count). The summed E-state index contributed by atoms with van der Waals surface area (Å²) < 4.78 is 26.1. The van der Waals surface area contributed by atoms with Gasteiger partial charge in [0.25, 0.3) is 0 Å². The Morgan fingerprint density at radius 3 is 2.12 bits per heavy atom. The van der Waals surface area contributed by atoms with Crippen molar-refractivity contribution in [2.45, 2.75) is 41.9 Å². The molecule has 0 aliphatic heterocycles. The van der Waals surface area contributed by atoms with Crippen LogP contribution >= 0.6 is 0 Å². The molecule has 0 bridgehead atoms. The van der Waals surface area contributed by atoms with Crippen molar-refractivity contribution in [3.63, 3.8) is 0 Å².